The molecule has 2 heterocycles. The van der Waals surface area contributed by atoms with E-state index in [2.05, 4.69) is 9.71 Å². The first-order valence-electron chi connectivity index (χ1n) is 5.69. The van der Waals surface area contributed by atoms with Crippen molar-refractivity contribution in [2.45, 2.75) is 24.8 Å². The summed E-state index contributed by atoms with van der Waals surface area (Å²) in [5, 5.41) is 1.91. The Morgan fingerprint density at radius 1 is 1.47 bits per heavy atom. The minimum atomic E-state index is -3.45. The Bertz CT molecular complexity index is 632. The van der Waals surface area contributed by atoms with Gasteiger partial charge in [-0.1, -0.05) is 0 Å². The molecule has 8 heteroatoms. The van der Waals surface area contributed by atoms with Gasteiger partial charge in [0.2, 0.25) is 10.0 Å². The normalized spacial score (nSPS) is 11.9. The van der Waals surface area contributed by atoms with Crippen molar-refractivity contribution in [3.8, 4) is 0 Å². The summed E-state index contributed by atoms with van der Waals surface area (Å²) in [6, 6.07) is 1.64. The molecule has 0 aliphatic carbocycles. The summed E-state index contributed by atoms with van der Waals surface area (Å²) in [7, 11) is -3.45. The third kappa shape index (κ3) is 3.61. The molecule has 2 rings (SSSR count). The van der Waals surface area contributed by atoms with Gasteiger partial charge in [0.25, 0.3) is 0 Å². The van der Waals surface area contributed by atoms with Gasteiger partial charge in [-0.05, 0) is 13.0 Å². The van der Waals surface area contributed by atoms with E-state index in [1.807, 2.05) is 5.38 Å². The summed E-state index contributed by atoms with van der Waals surface area (Å²) >= 11 is 2.92. The maximum atomic E-state index is 12.1. The Kier molecular flexibility index (Phi) is 4.69. The van der Waals surface area contributed by atoms with Crippen LogP contribution in [0.2, 0.25) is 0 Å². The van der Waals surface area contributed by atoms with Gasteiger partial charge in [0.05, 0.1) is 16.1 Å². The van der Waals surface area contributed by atoms with E-state index in [1.165, 1.54) is 22.7 Å². The molecule has 0 unspecified atom stereocenters. The number of hydrogen-bond acceptors (Lipinski definition) is 6. The van der Waals surface area contributed by atoms with Crippen molar-refractivity contribution in [1.29, 1.82) is 0 Å². The van der Waals surface area contributed by atoms with Crippen LogP contribution in [0.1, 0.15) is 15.4 Å². The molecule has 0 atom stereocenters. The van der Waals surface area contributed by atoms with Gasteiger partial charge in [-0.15, -0.1) is 22.7 Å². The average molecular weight is 317 g/mol. The lowest BCUT2D eigenvalue weighted by Crippen LogP contribution is -2.26. The van der Waals surface area contributed by atoms with Gasteiger partial charge in [-0.25, -0.2) is 18.1 Å². The van der Waals surface area contributed by atoms with E-state index in [1.54, 1.807) is 18.5 Å². The fourth-order valence-electron chi connectivity index (χ4n) is 1.64. The third-order valence-corrected chi connectivity index (χ3v) is 6.00. The van der Waals surface area contributed by atoms with Crippen molar-refractivity contribution in [3.05, 3.63) is 32.4 Å². The second-order valence-corrected chi connectivity index (χ2v) is 7.76. The number of sulfonamides is 1. The molecule has 2 aromatic heterocycles. The molecule has 0 radical (unpaired) electrons. The highest BCUT2D eigenvalue weighted by molar-refractivity contribution is 7.89. The molecule has 0 aromatic carbocycles. The first-order chi connectivity index (χ1) is 9.03. The van der Waals surface area contributed by atoms with Crippen LogP contribution >= 0.6 is 22.7 Å². The standard InChI is InChI=1S/C11H15N3O2S3/c1-8-11(4-10(5-12)18-8)19(15,16)14-3-2-9-6-17-7-13-9/h4,6-7,14H,2-3,5,12H2,1H3. The van der Waals surface area contributed by atoms with Crippen molar-refractivity contribution >= 4 is 32.7 Å². The summed E-state index contributed by atoms with van der Waals surface area (Å²) in [6.45, 7) is 2.50. The van der Waals surface area contributed by atoms with Crippen LogP contribution in [0.3, 0.4) is 0 Å². The number of aryl methyl sites for hydroxylation is 1. The predicted molar refractivity (Wildman–Crippen MR) is 78.0 cm³/mol. The average Bonchev–Trinajstić information content (AvgIpc) is 2.98. The number of aromatic nitrogens is 1. The van der Waals surface area contributed by atoms with Crippen LogP contribution < -0.4 is 10.5 Å². The quantitative estimate of drug-likeness (QED) is 0.845. The Balaban J connectivity index is 2.03. The molecule has 19 heavy (non-hydrogen) atoms. The van der Waals surface area contributed by atoms with E-state index < -0.39 is 10.0 Å². The van der Waals surface area contributed by atoms with Crippen molar-refractivity contribution in [2.24, 2.45) is 5.73 Å². The van der Waals surface area contributed by atoms with E-state index in [-0.39, 0.29) is 0 Å². The monoisotopic (exact) mass is 317 g/mol. The van der Waals surface area contributed by atoms with Crippen LogP contribution in [-0.4, -0.2) is 19.9 Å². The number of nitrogens with zero attached hydrogens (tertiary/aromatic N) is 1. The number of thiophene rings is 1. The Morgan fingerprint density at radius 2 is 2.26 bits per heavy atom. The van der Waals surface area contributed by atoms with Gasteiger partial charge >= 0.3 is 0 Å². The minimum Gasteiger partial charge on any atom is -0.326 e. The Morgan fingerprint density at radius 3 is 2.84 bits per heavy atom. The highest BCUT2D eigenvalue weighted by atomic mass is 32.2. The lowest BCUT2D eigenvalue weighted by atomic mass is 10.3. The van der Waals surface area contributed by atoms with Gasteiger partial charge in [0.15, 0.2) is 0 Å². The molecule has 0 fully saturated rings. The fourth-order valence-corrected chi connectivity index (χ4v) is 4.78. The SMILES string of the molecule is Cc1sc(CN)cc1S(=O)(=O)NCCc1cscn1. The molecular formula is C11H15N3O2S3. The summed E-state index contributed by atoms with van der Waals surface area (Å²) < 4.78 is 26.9. The van der Waals surface area contributed by atoms with E-state index in [0.29, 0.717) is 24.4 Å². The second kappa shape index (κ2) is 6.10. The maximum absolute atomic E-state index is 12.1. The van der Waals surface area contributed by atoms with E-state index >= 15 is 0 Å². The molecule has 0 amide bonds. The summed E-state index contributed by atoms with van der Waals surface area (Å²) in [6.07, 6.45) is 0.593. The number of rotatable bonds is 6. The first kappa shape index (κ1) is 14.6. The predicted octanol–water partition coefficient (Wildman–Crippen LogP) is 1.49. The zero-order valence-electron chi connectivity index (χ0n) is 10.4. The lowest BCUT2D eigenvalue weighted by molar-refractivity contribution is 0.581. The first-order valence-corrected chi connectivity index (χ1v) is 8.93. The van der Waals surface area contributed by atoms with Crippen LogP contribution in [0.4, 0.5) is 0 Å². The minimum absolute atomic E-state index is 0.330. The molecule has 0 aliphatic rings. The number of nitrogens with one attached hydrogen (secondary N) is 1. The molecule has 0 aliphatic heterocycles. The molecule has 104 valence electrons. The zero-order chi connectivity index (χ0) is 13.9. The summed E-state index contributed by atoms with van der Waals surface area (Å²) in [4.78, 5) is 6.08. The number of nitrogens with two attached hydrogens (primary N) is 1. The molecule has 0 spiro atoms. The highest BCUT2D eigenvalue weighted by Gasteiger charge is 2.19. The summed E-state index contributed by atoms with van der Waals surface area (Å²) in [5.41, 5.74) is 8.16. The van der Waals surface area contributed by atoms with Gasteiger partial charge in [0, 0.05) is 34.6 Å². The third-order valence-electron chi connectivity index (χ3n) is 2.57. The van der Waals surface area contributed by atoms with Crippen LogP contribution in [0, 0.1) is 6.92 Å². The van der Waals surface area contributed by atoms with Gasteiger partial charge in [-0.3, -0.25) is 0 Å². The largest absolute Gasteiger partial charge is 0.326 e. The van der Waals surface area contributed by atoms with Gasteiger partial charge < -0.3 is 5.73 Å². The van der Waals surface area contributed by atoms with Crippen LogP contribution in [0.25, 0.3) is 0 Å². The second-order valence-electron chi connectivity index (χ2n) is 3.96. The molecule has 0 saturated heterocycles. The molecule has 5 nitrogen and oxygen atoms in total. The topological polar surface area (TPSA) is 85.1 Å². The van der Waals surface area contributed by atoms with Gasteiger partial charge in [-0.2, -0.15) is 0 Å². The van der Waals surface area contributed by atoms with Crippen molar-refractivity contribution < 1.29 is 8.42 Å². The summed E-state index contributed by atoms with van der Waals surface area (Å²) in [5.74, 6) is 0. The highest BCUT2D eigenvalue weighted by Crippen LogP contribution is 2.25. The molecule has 0 saturated carbocycles. The maximum Gasteiger partial charge on any atom is 0.241 e. The van der Waals surface area contributed by atoms with Crippen molar-refractivity contribution in [3.63, 3.8) is 0 Å². The zero-order valence-corrected chi connectivity index (χ0v) is 12.9. The fraction of sp³-hybridized carbons (Fsp3) is 0.364. The van der Waals surface area contributed by atoms with E-state index in [0.717, 1.165) is 15.4 Å². The molecule has 0 bridgehead atoms. The van der Waals surface area contributed by atoms with Crippen molar-refractivity contribution in [2.75, 3.05) is 6.54 Å². The van der Waals surface area contributed by atoms with Crippen LogP contribution in [0.15, 0.2) is 21.9 Å². The van der Waals surface area contributed by atoms with E-state index in [9.17, 15) is 8.42 Å². The molecule has 3 N–H and O–H groups in total. The van der Waals surface area contributed by atoms with E-state index in [4.69, 9.17) is 5.73 Å². The van der Waals surface area contributed by atoms with Crippen LogP contribution in [0.5, 0.6) is 0 Å². The number of hydrogen-bond donors (Lipinski definition) is 2. The lowest BCUT2D eigenvalue weighted by Gasteiger charge is -2.05. The van der Waals surface area contributed by atoms with Crippen LogP contribution in [-0.2, 0) is 23.0 Å². The Hall–Kier alpha value is -0.800. The smallest absolute Gasteiger partial charge is 0.241 e. The molecular weight excluding hydrogens is 302 g/mol. The number of thiazole rings is 1. The van der Waals surface area contributed by atoms with Crippen molar-refractivity contribution in [1.82, 2.24) is 9.71 Å². The van der Waals surface area contributed by atoms with Gasteiger partial charge in [0.1, 0.15) is 0 Å². The Labute approximate surface area is 120 Å². The molecule has 2 aromatic rings.